The van der Waals surface area contributed by atoms with Crippen LogP contribution in [0.15, 0.2) is 65.2 Å². The molecule has 0 aromatic heterocycles. The van der Waals surface area contributed by atoms with Crippen LogP contribution in [0.4, 0.5) is 0 Å². The van der Waals surface area contributed by atoms with Crippen molar-refractivity contribution in [3.63, 3.8) is 0 Å². The number of rotatable bonds is 4. The van der Waals surface area contributed by atoms with Crippen molar-refractivity contribution >= 4 is 18.3 Å². The van der Waals surface area contributed by atoms with Crippen molar-refractivity contribution in [1.29, 1.82) is 0 Å². The van der Waals surface area contributed by atoms with Gasteiger partial charge in [-0.3, -0.25) is 9.79 Å². The summed E-state index contributed by atoms with van der Waals surface area (Å²) < 4.78 is 0. The Bertz CT molecular complexity index is 762. The van der Waals surface area contributed by atoms with Crippen LogP contribution < -0.4 is 0 Å². The number of carbonyl (C=O) groups is 1. The fourth-order valence-electron chi connectivity index (χ4n) is 3.01. The lowest BCUT2D eigenvalue weighted by molar-refractivity contribution is -0.136. The number of nitrogens with zero attached hydrogens (tertiary/aromatic N) is 1. The zero-order valence-electron chi connectivity index (χ0n) is 13.0. The summed E-state index contributed by atoms with van der Waals surface area (Å²) >= 11 is 0. The van der Waals surface area contributed by atoms with E-state index in [-0.39, 0.29) is 18.4 Å². The van der Waals surface area contributed by atoms with Gasteiger partial charge in [0, 0.05) is 12.1 Å². The molecule has 2 aromatic carbocycles. The molecule has 1 heterocycles. The van der Waals surface area contributed by atoms with Gasteiger partial charge in [-0.25, -0.2) is 0 Å². The number of carboxylic acids is 1. The van der Waals surface area contributed by atoms with Gasteiger partial charge in [0.05, 0.1) is 12.5 Å². The molecule has 2 atom stereocenters. The quantitative estimate of drug-likeness (QED) is 0.905. The van der Waals surface area contributed by atoms with E-state index in [1.165, 1.54) is 5.56 Å². The fraction of sp³-hybridized carbons (Fsp3) is 0.200. The Morgan fingerprint density at radius 3 is 2.57 bits per heavy atom. The third kappa shape index (κ3) is 3.39. The van der Waals surface area contributed by atoms with Crippen molar-refractivity contribution in [2.24, 2.45) is 4.99 Å². The zero-order chi connectivity index (χ0) is 16.2. The SMILES string of the molecule is CC(c1ccccc1)C1N=CC(CC(=O)O)=Cc2ccccc21. The Kier molecular flexibility index (Phi) is 4.38. The third-order valence-corrected chi connectivity index (χ3v) is 4.21. The van der Waals surface area contributed by atoms with E-state index in [0.29, 0.717) is 0 Å². The van der Waals surface area contributed by atoms with E-state index in [1.807, 2.05) is 42.5 Å². The minimum absolute atomic E-state index is 0.00965. The predicted molar refractivity (Wildman–Crippen MR) is 92.8 cm³/mol. The lowest BCUT2D eigenvalue weighted by atomic mass is 9.87. The number of carboxylic acid groups (broad SMARTS) is 1. The molecule has 0 spiro atoms. The van der Waals surface area contributed by atoms with Gasteiger partial charge < -0.3 is 5.11 Å². The standard InChI is InChI=1S/C20H19NO2/c1-14(16-7-3-2-4-8-16)20-18-10-6-5-9-17(18)11-15(13-21-20)12-19(22)23/h2-11,13-14,20H,12H2,1H3,(H,22,23). The molecule has 0 bridgehead atoms. The predicted octanol–water partition coefficient (Wildman–Crippen LogP) is 4.47. The molecule has 116 valence electrons. The molecule has 3 nitrogen and oxygen atoms in total. The first-order valence-corrected chi connectivity index (χ1v) is 7.74. The van der Waals surface area contributed by atoms with E-state index in [9.17, 15) is 4.79 Å². The molecule has 2 unspecified atom stereocenters. The van der Waals surface area contributed by atoms with Crippen LogP contribution in [0, 0.1) is 0 Å². The first-order chi connectivity index (χ1) is 11.1. The first-order valence-electron chi connectivity index (χ1n) is 7.74. The summed E-state index contributed by atoms with van der Waals surface area (Å²) in [6, 6.07) is 18.4. The van der Waals surface area contributed by atoms with Crippen LogP contribution in [0.1, 0.15) is 42.0 Å². The fourth-order valence-corrected chi connectivity index (χ4v) is 3.01. The van der Waals surface area contributed by atoms with E-state index >= 15 is 0 Å². The highest BCUT2D eigenvalue weighted by Gasteiger charge is 2.23. The Balaban J connectivity index is 2.01. The molecule has 0 fully saturated rings. The van der Waals surface area contributed by atoms with E-state index in [2.05, 4.69) is 25.1 Å². The van der Waals surface area contributed by atoms with Gasteiger partial charge in [0.15, 0.2) is 0 Å². The summed E-state index contributed by atoms with van der Waals surface area (Å²) in [5.74, 6) is -0.624. The zero-order valence-corrected chi connectivity index (χ0v) is 13.0. The van der Waals surface area contributed by atoms with Gasteiger partial charge in [0.25, 0.3) is 0 Å². The molecule has 2 aromatic rings. The second-order valence-electron chi connectivity index (χ2n) is 5.84. The molecular weight excluding hydrogens is 286 g/mol. The Labute approximate surface area is 136 Å². The van der Waals surface area contributed by atoms with Crippen LogP contribution in [0.3, 0.4) is 0 Å². The molecular formula is C20H19NO2. The number of benzene rings is 2. The maximum Gasteiger partial charge on any atom is 0.307 e. The van der Waals surface area contributed by atoms with Gasteiger partial charge in [0.1, 0.15) is 0 Å². The summed E-state index contributed by atoms with van der Waals surface area (Å²) in [6.07, 6.45) is 3.65. The van der Waals surface area contributed by atoms with Crippen molar-refractivity contribution in [3.05, 3.63) is 76.9 Å². The molecule has 0 aliphatic carbocycles. The smallest absolute Gasteiger partial charge is 0.307 e. The summed E-state index contributed by atoms with van der Waals surface area (Å²) in [5, 5.41) is 9.06. The van der Waals surface area contributed by atoms with Crippen LogP contribution in [0.5, 0.6) is 0 Å². The summed E-state index contributed by atoms with van der Waals surface area (Å²) in [4.78, 5) is 15.7. The normalized spacial score (nSPS) is 17.8. The van der Waals surface area contributed by atoms with Crippen molar-refractivity contribution in [1.82, 2.24) is 0 Å². The summed E-state index contributed by atoms with van der Waals surface area (Å²) in [7, 11) is 0. The molecule has 23 heavy (non-hydrogen) atoms. The molecule has 1 aliphatic rings. The molecule has 3 rings (SSSR count). The highest BCUT2D eigenvalue weighted by atomic mass is 16.4. The molecule has 1 N–H and O–H groups in total. The van der Waals surface area contributed by atoms with Crippen molar-refractivity contribution in [2.45, 2.75) is 25.3 Å². The molecule has 3 heteroatoms. The monoisotopic (exact) mass is 305 g/mol. The number of aliphatic imine (C=N–C) groups is 1. The van der Waals surface area contributed by atoms with Crippen LogP contribution in [0.25, 0.3) is 6.08 Å². The number of aliphatic carboxylic acids is 1. The Morgan fingerprint density at radius 1 is 1.13 bits per heavy atom. The average Bonchev–Trinajstić information content (AvgIpc) is 2.73. The number of fused-ring (bicyclic) bond motifs is 1. The van der Waals surface area contributed by atoms with E-state index in [4.69, 9.17) is 10.1 Å². The van der Waals surface area contributed by atoms with Gasteiger partial charge >= 0.3 is 5.97 Å². The van der Waals surface area contributed by atoms with Crippen LogP contribution >= 0.6 is 0 Å². The summed E-state index contributed by atoms with van der Waals surface area (Å²) in [6.45, 7) is 2.16. The second-order valence-corrected chi connectivity index (χ2v) is 5.84. The molecule has 0 saturated carbocycles. The van der Waals surface area contributed by atoms with E-state index < -0.39 is 5.97 Å². The Morgan fingerprint density at radius 2 is 1.83 bits per heavy atom. The highest BCUT2D eigenvalue weighted by molar-refractivity contribution is 5.92. The van der Waals surface area contributed by atoms with Gasteiger partial charge in [-0.1, -0.05) is 61.5 Å². The second kappa shape index (κ2) is 6.61. The lowest BCUT2D eigenvalue weighted by Gasteiger charge is -2.22. The molecule has 0 radical (unpaired) electrons. The van der Waals surface area contributed by atoms with Crippen molar-refractivity contribution in [3.8, 4) is 0 Å². The summed E-state index contributed by atoms with van der Waals surface area (Å²) in [5.41, 5.74) is 4.15. The minimum Gasteiger partial charge on any atom is -0.481 e. The number of hydrogen-bond donors (Lipinski definition) is 1. The largest absolute Gasteiger partial charge is 0.481 e. The van der Waals surface area contributed by atoms with Crippen LogP contribution in [-0.2, 0) is 4.79 Å². The van der Waals surface area contributed by atoms with E-state index in [1.54, 1.807) is 6.21 Å². The van der Waals surface area contributed by atoms with Crippen LogP contribution in [-0.4, -0.2) is 17.3 Å². The van der Waals surface area contributed by atoms with Crippen LogP contribution in [0.2, 0.25) is 0 Å². The minimum atomic E-state index is -0.838. The number of hydrogen-bond acceptors (Lipinski definition) is 2. The molecule has 0 amide bonds. The maximum atomic E-state index is 11.0. The lowest BCUT2D eigenvalue weighted by Crippen LogP contribution is -2.07. The molecule has 0 saturated heterocycles. The Hall–Kier alpha value is -2.68. The third-order valence-electron chi connectivity index (χ3n) is 4.21. The maximum absolute atomic E-state index is 11.0. The van der Waals surface area contributed by atoms with Gasteiger partial charge in [-0.15, -0.1) is 0 Å². The average molecular weight is 305 g/mol. The highest BCUT2D eigenvalue weighted by Crippen LogP contribution is 2.37. The molecule has 1 aliphatic heterocycles. The van der Waals surface area contributed by atoms with Gasteiger partial charge in [0.2, 0.25) is 0 Å². The van der Waals surface area contributed by atoms with Gasteiger partial charge in [-0.2, -0.15) is 0 Å². The topological polar surface area (TPSA) is 49.7 Å². The van der Waals surface area contributed by atoms with Gasteiger partial charge in [-0.05, 0) is 28.3 Å². The van der Waals surface area contributed by atoms with Crippen molar-refractivity contribution < 1.29 is 9.90 Å². The van der Waals surface area contributed by atoms with E-state index in [0.717, 1.165) is 16.7 Å². The first kappa shape index (κ1) is 15.2. The van der Waals surface area contributed by atoms with Crippen molar-refractivity contribution in [2.75, 3.05) is 0 Å².